The van der Waals surface area contributed by atoms with Gasteiger partial charge in [-0.05, 0) is 30.5 Å². The highest BCUT2D eigenvalue weighted by molar-refractivity contribution is 5.91. The van der Waals surface area contributed by atoms with Crippen LogP contribution < -0.4 is 0 Å². The van der Waals surface area contributed by atoms with Crippen LogP contribution in [0.4, 0.5) is 0 Å². The largest absolute Gasteiger partial charge is 0.455 e. The van der Waals surface area contributed by atoms with E-state index < -0.39 is 0 Å². The molecular weight excluding hydrogens is 352 g/mol. The van der Waals surface area contributed by atoms with E-state index in [0.717, 1.165) is 18.8 Å². The number of morpholine rings is 1. The first-order valence-electron chi connectivity index (χ1n) is 10.5. The first kappa shape index (κ1) is 19.2. The van der Waals surface area contributed by atoms with Crippen LogP contribution in [0.5, 0.6) is 0 Å². The molecule has 150 valence electrons. The summed E-state index contributed by atoms with van der Waals surface area (Å²) in [5, 5.41) is 0. The van der Waals surface area contributed by atoms with Crippen LogP contribution in [0.2, 0.25) is 0 Å². The standard InChI is InChI=1S/C23H30N2O3/c26-23(24-13-15-27-16-14-24)22-12-11-21(28-22)18-25(20-9-5-2-6-10-20)17-19-7-3-1-4-8-19/h1,3-4,7-8,11-12,20H,2,5-6,9-10,13-18H2. The number of carbonyl (C=O) groups is 1. The van der Waals surface area contributed by atoms with Gasteiger partial charge in [-0.2, -0.15) is 0 Å². The summed E-state index contributed by atoms with van der Waals surface area (Å²) in [6.07, 6.45) is 6.43. The van der Waals surface area contributed by atoms with Crippen molar-refractivity contribution < 1.29 is 13.9 Å². The molecule has 1 saturated carbocycles. The molecule has 4 rings (SSSR count). The minimum absolute atomic E-state index is 0.0261. The third kappa shape index (κ3) is 4.83. The van der Waals surface area contributed by atoms with Crippen LogP contribution in [-0.4, -0.2) is 48.1 Å². The number of hydrogen-bond acceptors (Lipinski definition) is 4. The molecule has 5 nitrogen and oxygen atoms in total. The molecule has 0 spiro atoms. The van der Waals surface area contributed by atoms with Crippen molar-refractivity contribution in [2.75, 3.05) is 26.3 Å². The Morgan fingerprint density at radius 2 is 1.71 bits per heavy atom. The van der Waals surface area contributed by atoms with Gasteiger partial charge in [0.15, 0.2) is 5.76 Å². The van der Waals surface area contributed by atoms with Crippen molar-refractivity contribution in [3.63, 3.8) is 0 Å². The Bertz CT molecular complexity index is 746. The summed E-state index contributed by atoms with van der Waals surface area (Å²) < 4.78 is 11.3. The highest BCUT2D eigenvalue weighted by atomic mass is 16.5. The second-order valence-electron chi connectivity index (χ2n) is 7.85. The predicted molar refractivity (Wildman–Crippen MR) is 108 cm³/mol. The average molecular weight is 383 g/mol. The molecule has 0 unspecified atom stereocenters. The van der Waals surface area contributed by atoms with E-state index in [4.69, 9.17) is 9.15 Å². The van der Waals surface area contributed by atoms with Crippen molar-refractivity contribution >= 4 is 5.91 Å². The first-order chi connectivity index (χ1) is 13.8. The zero-order valence-corrected chi connectivity index (χ0v) is 16.5. The van der Waals surface area contributed by atoms with E-state index in [0.29, 0.717) is 38.1 Å². The smallest absolute Gasteiger partial charge is 0.289 e. The van der Waals surface area contributed by atoms with Gasteiger partial charge in [0.1, 0.15) is 5.76 Å². The molecular formula is C23H30N2O3. The third-order valence-corrected chi connectivity index (χ3v) is 5.85. The number of carbonyl (C=O) groups excluding carboxylic acids is 1. The molecule has 5 heteroatoms. The normalized spacial score (nSPS) is 18.5. The third-order valence-electron chi connectivity index (χ3n) is 5.85. The molecule has 2 aromatic rings. The fourth-order valence-electron chi connectivity index (χ4n) is 4.28. The van der Waals surface area contributed by atoms with Crippen molar-refractivity contribution in [1.82, 2.24) is 9.80 Å². The van der Waals surface area contributed by atoms with Crippen LogP contribution in [-0.2, 0) is 17.8 Å². The number of ether oxygens (including phenoxy) is 1. The maximum absolute atomic E-state index is 12.7. The van der Waals surface area contributed by atoms with Gasteiger partial charge >= 0.3 is 0 Å². The lowest BCUT2D eigenvalue weighted by Crippen LogP contribution is -2.40. The average Bonchev–Trinajstić information content (AvgIpc) is 3.23. The van der Waals surface area contributed by atoms with Gasteiger partial charge in [0.05, 0.1) is 19.8 Å². The second-order valence-corrected chi connectivity index (χ2v) is 7.85. The van der Waals surface area contributed by atoms with Gasteiger partial charge in [-0.1, -0.05) is 49.6 Å². The Kier molecular flexibility index (Phi) is 6.45. The fraction of sp³-hybridized carbons (Fsp3) is 0.522. The van der Waals surface area contributed by atoms with Gasteiger partial charge in [0, 0.05) is 25.7 Å². The molecule has 1 aliphatic carbocycles. The molecule has 1 amide bonds. The predicted octanol–water partition coefficient (Wildman–Crippen LogP) is 4.09. The molecule has 1 aliphatic heterocycles. The number of hydrogen-bond donors (Lipinski definition) is 0. The first-order valence-corrected chi connectivity index (χ1v) is 10.5. The van der Waals surface area contributed by atoms with Crippen molar-refractivity contribution in [1.29, 1.82) is 0 Å². The van der Waals surface area contributed by atoms with E-state index >= 15 is 0 Å². The van der Waals surface area contributed by atoms with Gasteiger partial charge in [-0.25, -0.2) is 0 Å². The van der Waals surface area contributed by atoms with Gasteiger partial charge < -0.3 is 14.1 Å². The van der Waals surface area contributed by atoms with Crippen molar-refractivity contribution in [2.45, 2.75) is 51.2 Å². The number of amides is 1. The van der Waals surface area contributed by atoms with Gasteiger partial charge in [-0.3, -0.25) is 9.69 Å². The summed E-state index contributed by atoms with van der Waals surface area (Å²) in [5.74, 6) is 1.29. The van der Waals surface area contributed by atoms with Gasteiger partial charge in [0.25, 0.3) is 5.91 Å². The van der Waals surface area contributed by atoms with Crippen molar-refractivity contribution in [3.05, 3.63) is 59.5 Å². The molecule has 1 aromatic heterocycles. The van der Waals surface area contributed by atoms with E-state index in [2.05, 4.69) is 35.2 Å². The molecule has 2 aliphatic rings. The Hall–Kier alpha value is -2.11. The Balaban J connectivity index is 1.45. The van der Waals surface area contributed by atoms with E-state index in [1.165, 1.54) is 37.7 Å². The molecule has 1 aromatic carbocycles. The zero-order chi connectivity index (χ0) is 19.2. The summed E-state index contributed by atoms with van der Waals surface area (Å²) in [6.45, 7) is 4.14. The lowest BCUT2D eigenvalue weighted by molar-refractivity contribution is 0.0280. The van der Waals surface area contributed by atoms with Gasteiger partial charge in [0.2, 0.25) is 0 Å². The number of furan rings is 1. The molecule has 1 saturated heterocycles. The Morgan fingerprint density at radius 3 is 2.46 bits per heavy atom. The van der Waals surface area contributed by atoms with Crippen LogP contribution in [0.1, 0.15) is 54.0 Å². The fourth-order valence-corrected chi connectivity index (χ4v) is 4.28. The van der Waals surface area contributed by atoms with E-state index in [9.17, 15) is 4.79 Å². The SMILES string of the molecule is O=C(c1ccc(CN(Cc2ccccc2)C2CCCCC2)o1)N1CCOCC1. The highest BCUT2D eigenvalue weighted by Gasteiger charge is 2.25. The van der Waals surface area contributed by atoms with E-state index in [1.54, 1.807) is 0 Å². The Labute approximate surface area is 167 Å². The number of rotatable bonds is 6. The summed E-state index contributed by atoms with van der Waals surface area (Å²) >= 11 is 0. The van der Waals surface area contributed by atoms with Crippen molar-refractivity contribution in [2.24, 2.45) is 0 Å². The van der Waals surface area contributed by atoms with Crippen LogP contribution in [0.25, 0.3) is 0 Å². The maximum atomic E-state index is 12.7. The maximum Gasteiger partial charge on any atom is 0.289 e. The second kappa shape index (κ2) is 9.39. The summed E-state index contributed by atoms with van der Waals surface area (Å²) in [4.78, 5) is 17.0. The Morgan fingerprint density at radius 1 is 0.964 bits per heavy atom. The number of benzene rings is 1. The summed E-state index contributed by atoms with van der Waals surface area (Å²) in [5.41, 5.74) is 1.32. The zero-order valence-electron chi connectivity index (χ0n) is 16.5. The minimum atomic E-state index is -0.0261. The van der Waals surface area contributed by atoms with E-state index in [-0.39, 0.29) is 5.91 Å². The number of nitrogens with zero attached hydrogens (tertiary/aromatic N) is 2. The quantitative estimate of drug-likeness (QED) is 0.755. The summed E-state index contributed by atoms with van der Waals surface area (Å²) in [7, 11) is 0. The van der Waals surface area contributed by atoms with Crippen LogP contribution in [0.15, 0.2) is 46.9 Å². The van der Waals surface area contributed by atoms with E-state index in [1.807, 2.05) is 17.0 Å². The molecule has 28 heavy (non-hydrogen) atoms. The molecule has 0 atom stereocenters. The van der Waals surface area contributed by atoms with Crippen LogP contribution in [0.3, 0.4) is 0 Å². The monoisotopic (exact) mass is 382 g/mol. The summed E-state index contributed by atoms with van der Waals surface area (Å²) in [6, 6.07) is 15.0. The molecule has 0 bridgehead atoms. The van der Waals surface area contributed by atoms with Crippen molar-refractivity contribution in [3.8, 4) is 0 Å². The lowest BCUT2D eigenvalue weighted by Gasteiger charge is -2.34. The molecule has 2 fully saturated rings. The molecule has 2 heterocycles. The van der Waals surface area contributed by atoms with Gasteiger partial charge in [-0.15, -0.1) is 0 Å². The minimum Gasteiger partial charge on any atom is -0.455 e. The van der Waals surface area contributed by atoms with Crippen LogP contribution >= 0.6 is 0 Å². The molecule has 0 N–H and O–H groups in total. The van der Waals surface area contributed by atoms with Crippen LogP contribution in [0, 0.1) is 0 Å². The molecule has 0 radical (unpaired) electrons. The topological polar surface area (TPSA) is 45.9 Å². The lowest BCUT2D eigenvalue weighted by atomic mass is 9.93. The highest BCUT2D eigenvalue weighted by Crippen LogP contribution is 2.26.